The number of ether oxygens (including phenoxy) is 1. The van der Waals surface area contributed by atoms with Crippen molar-refractivity contribution in [2.24, 2.45) is 5.11 Å². The third-order valence-electron chi connectivity index (χ3n) is 3.16. The maximum Gasteiger partial charge on any atom is 0.126 e. The molecular weight excluding hydrogens is 266 g/mol. The summed E-state index contributed by atoms with van der Waals surface area (Å²) in [4.78, 5) is 7.12. The topological polar surface area (TPSA) is 94.7 Å². The molecule has 1 aromatic heterocycles. The van der Waals surface area contributed by atoms with Crippen LogP contribution >= 0.6 is 0 Å². The number of pyridine rings is 1. The second-order valence-corrected chi connectivity index (χ2v) is 4.38. The van der Waals surface area contributed by atoms with Gasteiger partial charge in [0.2, 0.25) is 0 Å². The number of rotatable bonds is 3. The van der Waals surface area contributed by atoms with Gasteiger partial charge in [-0.1, -0.05) is 23.3 Å². The maximum absolute atomic E-state index is 9.44. The van der Waals surface area contributed by atoms with Crippen LogP contribution in [-0.2, 0) is 0 Å². The molecule has 0 fully saturated rings. The van der Waals surface area contributed by atoms with Gasteiger partial charge >= 0.3 is 0 Å². The summed E-state index contributed by atoms with van der Waals surface area (Å²) in [5.74, 6) is 0.605. The van der Waals surface area contributed by atoms with Crippen LogP contribution in [0.4, 0.5) is 5.69 Å². The minimum Gasteiger partial charge on any atom is -0.496 e. The van der Waals surface area contributed by atoms with Crippen LogP contribution in [0, 0.1) is 25.2 Å². The Morgan fingerprint density at radius 1 is 1.29 bits per heavy atom. The highest BCUT2D eigenvalue weighted by atomic mass is 16.5. The number of nitrogens with zero attached hydrogens (tertiary/aromatic N) is 5. The van der Waals surface area contributed by atoms with Gasteiger partial charge in [0, 0.05) is 21.7 Å². The third-order valence-corrected chi connectivity index (χ3v) is 3.16. The van der Waals surface area contributed by atoms with Crippen LogP contribution in [0.15, 0.2) is 29.4 Å². The predicted molar refractivity (Wildman–Crippen MR) is 79.2 cm³/mol. The van der Waals surface area contributed by atoms with Gasteiger partial charge in [0.25, 0.3) is 0 Å². The molecule has 0 saturated carbocycles. The molecule has 2 aromatic rings. The Kier molecular flexibility index (Phi) is 4.07. The highest BCUT2D eigenvalue weighted by Crippen LogP contribution is 2.41. The van der Waals surface area contributed by atoms with Crippen LogP contribution in [0.2, 0.25) is 0 Å². The number of aryl methyl sites for hydroxylation is 2. The summed E-state index contributed by atoms with van der Waals surface area (Å²) < 4.78 is 5.35. The van der Waals surface area contributed by atoms with Gasteiger partial charge in [0.15, 0.2) is 0 Å². The first-order chi connectivity index (χ1) is 10.1. The van der Waals surface area contributed by atoms with Crippen LogP contribution in [0.25, 0.3) is 21.6 Å². The summed E-state index contributed by atoms with van der Waals surface area (Å²) >= 11 is 0. The average Bonchev–Trinajstić information content (AvgIpc) is 2.49. The number of methoxy groups -OCH3 is 1. The van der Waals surface area contributed by atoms with Gasteiger partial charge in [-0.15, -0.1) is 0 Å². The summed E-state index contributed by atoms with van der Waals surface area (Å²) in [7, 11) is 1.55. The van der Waals surface area contributed by atoms with Gasteiger partial charge in [-0.2, -0.15) is 5.26 Å². The molecule has 6 heteroatoms. The van der Waals surface area contributed by atoms with Gasteiger partial charge in [0.05, 0.1) is 24.1 Å². The lowest BCUT2D eigenvalue weighted by molar-refractivity contribution is 0.416. The minimum atomic E-state index is 0.351. The van der Waals surface area contributed by atoms with E-state index in [9.17, 15) is 5.26 Å². The normalized spacial score (nSPS) is 9.62. The van der Waals surface area contributed by atoms with Crippen molar-refractivity contribution in [2.45, 2.75) is 13.8 Å². The van der Waals surface area contributed by atoms with Gasteiger partial charge in [-0.25, -0.2) is 0 Å². The van der Waals surface area contributed by atoms with E-state index in [1.165, 1.54) is 0 Å². The molecule has 104 valence electrons. The Bertz CT molecular complexity index is 785. The van der Waals surface area contributed by atoms with Gasteiger partial charge < -0.3 is 4.74 Å². The molecule has 0 spiro atoms. The Morgan fingerprint density at radius 3 is 2.62 bits per heavy atom. The molecule has 6 nitrogen and oxygen atoms in total. The second kappa shape index (κ2) is 5.95. The van der Waals surface area contributed by atoms with Crippen molar-refractivity contribution in [3.8, 4) is 22.9 Å². The number of hydrogen-bond donors (Lipinski definition) is 0. The van der Waals surface area contributed by atoms with E-state index in [-0.39, 0.29) is 0 Å². The van der Waals surface area contributed by atoms with E-state index in [1.807, 2.05) is 18.2 Å². The number of azide groups is 1. The number of aromatic nitrogens is 1. The average molecular weight is 279 g/mol. The molecule has 1 aromatic carbocycles. The fourth-order valence-electron chi connectivity index (χ4n) is 2.26. The Hall–Kier alpha value is -3.03. The summed E-state index contributed by atoms with van der Waals surface area (Å²) in [6.07, 6.45) is 0. The zero-order valence-corrected chi connectivity index (χ0v) is 12.0. The van der Waals surface area contributed by atoms with Crippen LogP contribution < -0.4 is 4.74 Å². The minimum absolute atomic E-state index is 0.351. The summed E-state index contributed by atoms with van der Waals surface area (Å²) in [5.41, 5.74) is 11.9. The number of benzene rings is 1. The lowest BCUT2D eigenvalue weighted by Gasteiger charge is -2.15. The fourth-order valence-corrected chi connectivity index (χ4v) is 2.26. The van der Waals surface area contributed by atoms with E-state index in [2.05, 4.69) is 21.1 Å². The first-order valence-corrected chi connectivity index (χ1v) is 6.23. The molecule has 21 heavy (non-hydrogen) atoms. The molecule has 0 radical (unpaired) electrons. The van der Waals surface area contributed by atoms with E-state index in [4.69, 9.17) is 10.3 Å². The Labute approximate surface area is 122 Å². The predicted octanol–water partition coefficient (Wildman–Crippen LogP) is 4.19. The van der Waals surface area contributed by atoms with Gasteiger partial charge in [0.1, 0.15) is 11.8 Å². The Morgan fingerprint density at radius 2 is 2.00 bits per heavy atom. The fraction of sp³-hybridized carbons (Fsp3) is 0.200. The summed E-state index contributed by atoms with van der Waals surface area (Å²) in [5, 5.41) is 13.2. The van der Waals surface area contributed by atoms with E-state index in [0.717, 1.165) is 0 Å². The van der Waals surface area contributed by atoms with E-state index in [0.29, 0.717) is 39.5 Å². The molecule has 0 amide bonds. The maximum atomic E-state index is 9.44. The van der Waals surface area contributed by atoms with Gasteiger partial charge in [-0.05, 0) is 25.4 Å². The monoisotopic (exact) mass is 279 g/mol. The quantitative estimate of drug-likeness (QED) is 0.478. The van der Waals surface area contributed by atoms with Crippen LogP contribution in [0.1, 0.15) is 17.0 Å². The van der Waals surface area contributed by atoms with Crippen molar-refractivity contribution in [3.63, 3.8) is 0 Å². The molecule has 0 bridgehead atoms. The molecule has 0 saturated heterocycles. The molecule has 0 unspecified atom stereocenters. The van der Waals surface area contributed by atoms with Crippen molar-refractivity contribution in [3.05, 3.63) is 51.7 Å². The van der Waals surface area contributed by atoms with E-state index in [1.54, 1.807) is 27.0 Å². The zero-order valence-electron chi connectivity index (χ0n) is 12.0. The van der Waals surface area contributed by atoms with Crippen molar-refractivity contribution in [1.82, 2.24) is 4.98 Å². The number of para-hydroxylation sites is 1. The lowest BCUT2D eigenvalue weighted by Crippen LogP contribution is -1.98. The van der Waals surface area contributed by atoms with Crippen LogP contribution in [0.3, 0.4) is 0 Å². The van der Waals surface area contributed by atoms with Crippen molar-refractivity contribution < 1.29 is 4.74 Å². The Balaban J connectivity index is 2.95. The largest absolute Gasteiger partial charge is 0.496 e. The number of nitriles is 1. The molecule has 1 heterocycles. The molecule has 0 aliphatic rings. The second-order valence-electron chi connectivity index (χ2n) is 4.38. The molecular formula is C15H13N5O. The van der Waals surface area contributed by atoms with E-state index >= 15 is 0 Å². The number of hydrogen-bond acceptors (Lipinski definition) is 4. The van der Waals surface area contributed by atoms with Crippen LogP contribution in [0.5, 0.6) is 5.75 Å². The highest BCUT2D eigenvalue weighted by Gasteiger charge is 2.19. The molecule has 0 aliphatic heterocycles. The van der Waals surface area contributed by atoms with Crippen molar-refractivity contribution >= 4 is 5.69 Å². The summed E-state index contributed by atoms with van der Waals surface area (Å²) in [6.45, 7) is 3.50. The third kappa shape index (κ3) is 2.50. The molecule has 2 rings (SSSR count). The van der Waals surface area contributed by atoms with Crippen molar-refractivity contribution in [2.75, 3.05) is 7.11 Å². The standard InChI is InChI=1S/C15H13N5O/c1-9-12(8-16)14(15(19-20-17)10(2)18-9)11-6-4-5-7-13(11)21-3/h4-7H,1-3H3. The van der Waals surface area contributed by atoms with E-state index < -0.39 is 0 Å². The first-order valence-electron chi connectivity index (χ1n) is 6.23. The molecule has 0 N–H and O–H groups in total. The molecule has 0 aliphatic carbocycles. The highest BCUT2D eigenvalue weighted by molar-refractivity contribution is 5.86. The SMILES string of the molecule is COc1ccccc1-c1c(C#N)c(C)nc(C)c1N=[N+]=[N-]. The van der Waals surface area contributed by atoms with Crippen LogP contribution in [-0.4, -0.2) is 12.1 Å². The summed E-state index contributed by atoms with van der Waals surface area (Å²) in [6, 6.07) is 9.43. The first kappa shape index (κ1) is 14.4. The zero-order chi connectivity index (χ0) is 15.4. The lowest BCUT2D eigenvalue weighted by atomic mass is 9.96. The van der Waals surface area contributed by atoms with Crippen molar-refractivity contribution in [1.29, 1.82) is 5.26 Å². The molecule has 0 atom stereocenters. The van der Waals surface area contributed by atoms with Gasteiger partial charge in [-0.3, -0.25) is 4.98 Å². The smallest absolute Gasteiger partial charge is 0.126 e.